The third kappa shape index (κ3) is 6.66. The molecule has 12 heteroatoms. The zero-order valence-corrected chi connectivity index (χ0v) is 26.8. The number of rotatable bonds is 11. The zero-order valence-electron chi connectivity index (χ0n) is 25.9. The molecule has 0 amide bonds. The summed E-state index contributed by atoms with van der Waals surface area (Å²) in [4.78, 5) is 27.3. The number of aromatic nitrogens is 2. The first kappa shape index (κ1) is 32.1. The highest BCUT2D eigenvalue weighted by Gasteiger charge is 2.44. The second kappa shape index (κ2) is 14.3. The lowest BCUT2D eigenvalue weighted by molar-refractivity contribution is -0.0935. The van der Waals surface area contributed by atoms with Crippen LogP contribution in [0, 0.1) is 6.92 Å². The van der Waals surface area contributed by atoms with Gasteiger partial charge in [0.1, 0.15) is 29.4 Å². The fourth-order valence-corrected chi connectivity index (χ4v) is 6.95. The van der Waals surface area contributed by atoms with E-state index in [1.54, 1.807) is 21.1 Å². The van der Waals surface area contributed by atoms with Gasteiger partial charge in [0.25, 0.3) is 5.56 Å². The van der Waals surface area contributed by atoms with Crippen molar-refractivity contribution in [1.82, 2.24) is 9.55 Å². The molecule has 0 saturated carbocycles. The standard InChI is InChI=1S/C34H37N2O9P/c1-23-21-36(33(38)35-32(23)37)31-20-29(45-46-42-18-7-19-43-46)30(44-31)22-41-34(24-8-5-4-6-9-24,25-10-14-27(39-2)15-11-25)26-12-16-28(40-3)17-13-26/h4-6,8-17,21,29-31H,7,18-20,22H2,1-3H3,(H,35,37,38)/t29-,30+,31+/m0/s1. The molecule has 3 aromatic carbocycles. The normalized spacial score (nSPS) is 20.5. The fraction of sp³-hybridized carbons (Fsp3) is 0.353. The Hall–Kier alpha value is -3.83. The van der Waals surface area contributed by atoms with E-state index in [-0.39, 0.29) is 6.61 Å². The van der Waals surface area contributed by atoms with Gasteiger partial charge >= 0.3 is 14.3 Å². The van der Waals surface area contributed by atoms with Crippen molar-refractivity contribution in [3.8, 4) is 11.5 Å². The molecule has 4 aromatic rings. The van der Waals surface area contributed by atoms with Crippen molar-refractivity contribution < 1.29 is 32.5 Å². The molecule has 242 valence electrons. The molecular weight excluding hydrogens is 611 g/mol. The van der Waals surface area contributed by atoms with Gasteiger partial charge in [-0.3, -0.25) is 14.3 Å². The van der Waals surface area contributed by atoms with Gasteiger partial charge in [-0.15, -0.1) is 0 Å². The van der Waals surface area contributed by atoms with E-state index in [9.17, 15) is 9.59 Å². The second-order valence-corrected chi connectivity index (χ2v) is 12.2. The lowest BCUT2D eigenvalue weighted by atomic mass is 9.80. The number of H-pyrrole nitrogens is 1. The Kier molecular flexibility index (Phi) is 9.98. The molecule has 3 atom stereocenters. The largest absolute Gasteiger partial charge is 0.497 e. The van der Waals surface area contributed by atoms with Gasteiger partial charge in [-0.25, -0.2) is 4.79 Å². The van der Waals surface area contributed by atoms with Gasteiger partial charge in [0.15, 0.2) is 0 Å². The molecule has 2 aliphatic rings. The summed E-state index contributed by atoms with van der Waals surface area (Å²) in [6.45, 7) is 2.79. The van der Waals surface area contributed by atoms with Gasteiger partial charge in [-0.1, -0.05) is 54.6 Å². The number of hydrogen-bond donors (Lipinski definition) is 1. The highest BCUT2D eigenvalue weighted by Crippen LogP contribution is 2.48. The number of ether oxygens (including phenoxy) is 4. The minimum absolute atomic E-state index is 0.0778. The van der Waals surface area contributed by atoms with Crippen molar-refractivity contribution in [2.24, 2.45) is 0 Å². The van der Waals surface area contributed by atoms with E-state index >= 15 is 0 Å². The lowest BCUT2D eigenvalue weighted by Crippen LogP contribution is -2.38. The van der Waals surface area contributed by atoms with E-state index in [0.29, 0.717) is 36.7 Å². The molecule has 2 saturated heterocycles. The fourth-order valence-electron chi connectivity index (χ4n) is 5.76. The van der Waals surface area contributed by atoms with Gasteiger partial charge in [0.05, 0.1) is 40.1 Å². The number of nitrogens with zero attached hydrogens (tertiary/aromatic N) is 1. The minimum atomic E-state index is -1.61. The first-order chi connectivity index (χ1) is 22.4. The SMILES string of the molecule is COc1ccc(C(OC[C@H]2O[C@@H](n3cc(C)c(=O)[nH]c3=O)C[C@@H]2OP2OCCCO2)(c2ccccc2)c2ccc(OC)cc2)cc1. The summed E-state index contributed by atoms with van der Waals surface area (Å²) in [7, 11) is 1.65. The van der Waals surface area contributed by atoms with E-state index in [0.717, 1.165) is 23.1 Å². The van der Waals surface area contributed by atoms with Crippen LogP contribution < -0.4 is 20.7 Å². The van der Waals surface area contributed by atoms with E-state index in [4.69, 9.17) is 32.5 Å². The average molecular weight is 649 g/mol. The third-order valence-corrected chi connectivity index (χ3v) is 9.41. The van der Waals surface area contributed by atoms with Crippen LogP contribution in [0.5, 0.6) is 11.5 Å². The maximum Gasteiger partial charge on any atom is 0.333 e. The Morgan fingerprint density at radius 2 is 1.46 bits per heavy atom. The molecule has 3 heterocycles. The van der Waals surface area contributed by atoms with Gasteiger partial charge < -0.3 is 32.5 Å². The summed E-state index contributed by atoms with van der Waals surface area (Å²) in [5.74, 6) is 1.43. The highest BCUT2D eigenvalue weighted by molar-refractivity contribution is 7.41. The van der Waals surface area contributed by atoms with Crippen LogP contribution in [-0.4, -0.2) is 55.8 Å². The molecule has 0 aliphatic carbocycles. The van der Waals surface area contributed by atoms with Gasteiger partial charge in [-0.05, 0) is 54.3 Å². The number of benzene rings is 3. The molecule has 46 heavy (non-hydrogen) atoms. The molecule has 0 radical (unpaired) electrons. The molecule has 6 rings (SSSR count). The van der Waals surface area contributed by atoms with E-state index < -0.39 is 43.9 Å². The first-order valence-electron chi connectivity index (χ1n) is 15.1. The predicted molar refractivity (Wildman–Crippen MR) is 171 cm³/mol. The van der Waals surface area contributed by atoms with Crippen LogP contribution in [-0.2, 0) is 28.6 Å². The molecule has 2 aliphatic heterocycles. The molecule has 1 N–H and O–H groups in total. The van der Waals surface area contributed by atoms with Gasteiger partial charge in [0.2, 0.25) is 0 Å². The van der Waals surface area contributed by atoms with Crippen molar-refractivity contribution in [3.05, 3.63) is 128 Å². The first-order valence-corrected chi connectivity index (χ1v) is 16.2. The summed E-state index contributed by atoms with van der Waals surface area (Å²) >= 11 is 0. The Bertz CT molecular complexity index is 1660. The monoisotopic (exact) mass is 648 g/mol. The summed E-state index contributed by atoms with van der Waals surface area (Å²) < 4.78 is 43.8. The molecular formula is C34H37N2O9P. The quantitative estimate of drug-likeness (QED) is 0.173. The summed E-state index contributed by atoms with van der Waals surface area (Å²) in [5.41, 5.74) is 0.942. The van der Waals surface area contributed by atoms with Crippen LogP contribution in [0.25, 0.3) is 0 Å². The van der Waals surface area contributed by atoms with E-state index in [1.165, 1.54) is 10.8 Å². The maximum absolute atomic E-state index is 12.8. The minimum Gasteiger partial charge on any atom is -0.497 e. The van der Waals surface area contributed by atoms with E-state index in [1.807, 2.05) is 78.9 Å². The van der Waals surface area contributed by atoms with Crippen molar-refractivity contribution in [2.75, 3.05) is 34.0 Å². The number of methoxy groups -OCH3 is 2. The Balaban J connectivity index is 1.40. The van der Waals surface area contributed by atoms with Crippen molar-refractivity contribution in [3.63, 3.8) is 0 Å². The van der Waals surface area contributed by atoms with Crippen molar-refractivity contribution in [2.45, 2.75) is 43.8 Å². The Morgan fingerprint density at radius 3 is 2.04 bits per heavy atom. The number of nitrogens with one attached hydrogen (secondary N) is 1. The van der Waals surface area contributed by atoms with E-state index in [2.05, 4.69) is 4.98 Å². The Morgan fingerprint density at radius 1 is 0.870 bits per heavy atom. The zero-order chi connectivity index (χ0) is 32.1. The highest BCUT2D eigenvalue weighted by atomic mass is 31.2. The van der Waals surface area contributed by atoms with Crippen molar-refractivity contribution >= 4 is 8.60 Å². The molecule has 0 bridgehead atoms. The van der Waals surface area contributed by atoms with Crippen LogP contribution in [0.4, 0.5) is 0 Å². The number of hydrogen-bond acceptors (Lipinski definition) is 9. The second-order valence-electron chi connectivity index (χ2n) is 11.0. The number of aryl methyl sites for hydroxylation is 1. The van der Waals surface area contributed by atoms with Crippen LogP contribution >= 0.6 is 8.60 Å². The summed E-state index contributed by atoms with van der Waals surface area (Å²) in [6.07, 6.45) is 0.736. The molecule has 11 nitrogen and oxygen atoms in total. The van der Waals surface area contributed by atoms with Crippen LogP contribution in [0.1, 0.15) is 41.3 Å². The maximum atomic E-state index is 12.8. The van der Waals surface area contributed by atoms with Crippen molar-refractivity contribution in [1.29, 1.82) is 0 Å². The Labute approximate surface area is 267 Å². The smallest absolute Gasteiger partial charge is 0.333 e. The van der Waals surface area contributed by atoms with Crippen LogP contribution in [0.3, 0.4) is 0 Å². The average Bonchev–Trinajstić information content (AvgIpc) is 3.50. The predicted octanol–water partition coefficient (Wildman–Crippen LogP) is 5.21. The third-order valence-electron chi connectivity index (χ3n) is 8.18. The number of aromatic amines is 1. The topological polar surface area (TPSA) is 119 Å². The molecule has 0 unspecified atom stereocenters. The lowest BCUT2D eigenvalue weighted by Gasteiger charge is -2.37. The molecule has 0 spiro atoms. The molecule has 2 fully saturated rings. The molecule has 1 aromatic heterocycles. The van der Waals surface area contributed by atoms with Crippen LogP contribution in [0.2, 0.25) is 0 Å². The summed E-state index contributed by atoms with van der Waals surface area (Å²) in [6, 6.07) is 25.5. The van der Waals surface area contributed by atoms with Crippen LogP contribution in [0.15, 0.2) is 94.6 Å². The van der Waals surface area contributed by atoms with Gasteiger partial charge in [-0.2, -0.15) is 0 Å². The summed E-state index contributed by atoms with van der Waals surface area (Å²) in [5, 5.41) is 0. The van der Waals surface area contributed by atoms with Gasteiger partial charge in [0, 0.05) is 18.2 Å².